The van der Waals surface area contributed by atoms with Gasteiger partial charge in [-0.25, -0.2) is 9.48 Å². The molecule has 0 radical (unpaired) electrons. The summed E-state index contributed by atoms with van der Waals surface area (Å²) in [6.45, 7) is 7.50. The van der Waals surface area contributed by atoms with Gasteiger partial charge in [0, 0.05) is 24.9 Å². The Bertz CT molecular complexity index is 993. The summed E-state index contributed by atoms with van der Waals surface area (Å²) in [5.41, 5.74) is 3.69. The number of rotatable bonds is 6. The minimum absolute atomic E-state index is 0.0332. The molecule has 0 fully saturated rings. The van der Waals surface area contributed by atoms with Crippen LogP contribution in [0, 0.1) is 0 Å². The lowest BCUT2D eigenvalue weighted by Gasteiger charge is -2.19. The molecule has 10 nitrogen and oxygen atoms in total. The number of alkyl carbamates (subject to hydrolysis) is 1. The first-order valence-corrected chi connectivity index (χ1v) is 9.68. The third-order valence-corrected chi connectivity index (χ3v) is 3.85. The molecule has 0 saturated carbocycles. The number of ether oxygens (including phenoxy) is 1. The normalized spacial score (nSPS) is 11.1. The van der Waals surface area contributed by atoms with Crippen LogP contribution in [-0.2, 0) is 16.1 Å². The molecule has 1 heterocycles. The number of carbonyl (C=O) groups excluding carboxylic acids is 3. The molecule has 0 aliphatic heterocycles. The van der Waals surface area contributed by atoms with Gasteiger partial charge in [0.1, 0.15) is 5.60 Å². The van der Waals surface area contributed by atoms with E-state index in [1.807, 2.05) is 6.92 Å². The van der Waals surface area contributed by atoms with Gasteiger partial charge in [-0.1, -0.05) is 25.1 Å². The number of hydrogen-bond acceptors (Lipinski definition) is 6. The predicted octanol–water partition coefficient (Wildman–Crippen LogP) is 1.48. The largest absolute Gasteiger partial charge is 0.444 e. The quantitative estimate of drug-likeness (QED) is 0.610. The van der Waals surface area contributed by atoms with E-state index in [4.69, 9.17) is 4.74 Å². The topological polar surface area (TPSA) is 131 Å². The Kier molecular flexibility index (Phi) is 7.51. The highest BCUT2D eigenvalue weighted by atomic mass is 16.6. The molecule has 0 aliphatic rings. The van der Waals surface area contributed by atoms with E-state index in [0.717, 1.165) is 0 Å². The molecule has 30 heavy (non-hydrogen) atoms. The summed E-state index contributed by atoms with van der Waals surface area (Å²) in [6, 6.07) is 6.66. The summed E-state index contributed by atoms with van der Waals surface area (Å²) < 4.78 is 6.31. The van der Waals surface area contributed by atoms with Crippen molar-refractivity contribution in [2.24, 2.45) is 0 Å². The van der Waals surface area contributed by atoms with Gasteiger partial charge in [0.15, 0.2) is 5.69 Å². The number of amides is 3. The lowest BCUT2D eigenvalue weighted by Crippen LogP contribution is -2.44. The van der Waals surface area contributed by atoms with E-state index in [1.165, 1.54) is 4.68 Å². The van der Waals surface area contributed by atoms with Crippen LogP contribution in [0.1, 0.15) is 51.0 Å². The van der Waals surface area contributed by atoms with Gasteiger partial charge in [-0.2, -0.15) is 5.10 Å². The molecule has 2 rings (SSSR count). The molecule has 1 aromatic carbocycles. The Morgan fingerprint density at radius 3 is 2.40 bits per heavy atom. The first-order chi connectivity index (χ1) is 14.1. The fraction of sp³-hybridized carbons (Fsp3) is 0.450. The molecule has 3 amide bonds. The van der Waals surface area contributed by atoms with Crippen molar-refractivity contribution in [3.8, 4) is 0 Å². The minimum Gasteiger partial charge on any atom is -0.444 e. The van der Waals surface area contributed by atoms with Gasteiger partial charge in [-0.15, -0.1) is 0 Å². The third-order valence-electron chi connectivity index (χ3n) is 3.85. The molecule has 10 heteroatoms. The van der Waals surface area contributed by atoms with Crippen molar-refractivity contribution in [1.82, 2.24) is 25.9 Å². The smallest absolute Gasteiger partial charge is 0.407 e. The van der Waals surface area contributed by atoms with Crippen LogP contribution in [0.3, 0.4) is 0 Å². The maximum absolute atomic E-state index is 12.6. The van der Waals surface area contributed by atoms with Gasteiger partial charge < -0.3 is 10.1 Å². The zero-order chi connectivity index (χ0) is 22.3. The number of benzene rings is 1. The van der Waals surface area contributed by atoms with E-state index in [0.29, 0.717) is 23.7 Å². The molecule has 0 spiro atoms. The standard InChI is InChI=1S/C20H27N5O5/c1-5-12-25-18(28)14-9-7-6-8-13(14)16(24-25)17(27)23-22-15(26)10-11-21-19(29)30-20(2,3)4/h6-9H,5,10-12H2,1-4H3,(H,21,29)(H,22,26)(H,23,27). The molecule has 0 bridgehead atoms. The van der Waals surface area contributed by atoms with E-state index < -0.39 is 23.5 Å². The summed E-state index contributed by atoms with van der Waals surface area (Å²) in [4.78, 5) is 48.5. The molecule has 0 aliphatic carbocycles. The molecule has 0 unspecified atom stereocenters. The number of hydrogen-bond donors (Lipinski definition) is 3. The molecule has 3 N–H and O–H groups in total. The van der Waals surface area contributed by atoms with Crippen LogP contribution >= 0.6 is 0 Å². The van der Waals surface area contributed by atoms with E-state index in [9.17, 15) is 19.2 Å². The van der Waals surface area contributed by atoms with Gasteiger partial charge in [0.05, 0.1) is 5.39 Å². The number of fused-ring (bicyclic) bond motifs is 1. The summed E-state index contributed by atoms with van der Waals surface area (Å²) >= 11 is 0. The van der Waals surface area contributed by atoms with Crippen LogP contribution in [0.5, 0.6) is 0 Å². The second-order valence-corrected chi connectivity index (χ2v) is 7.60. The summed E-state index contributed by atoms with van der Waals surface area (Å²) in [7, 11) is 0. The molecule has 2 aromatic rings. The number of aryl methyl sites for hydroxylation is 1. The second kappa shape index (κ2) is 9.86. The van der Waals surface area contributed by atoms with Crippen LogP contribution in [0.4, 0.5) is 4.79 Å². The predicted molar refractivity (Wildman–Crippen MR) is 111 cm³/mol. The first-order valence-electron chi connectivity index (χ1n) is 9.68. The van der Waals surface area contributed by atoms with Gasteiger partial charge in [-0.3, -0.25) is 25.2 Å². The van der Waals surface area contributed by atoms with E-state index in [1.54, 1.807) is 45.0 Å². The highest BCUT2D eigenvalue weighted by molar-refractivity contribution is 6.05. The highest BCUT2D eigenvalue weighted by Crippen LogP contribution is 2.13. The van der Waals surface area contributed by atoms with Crippen molar-refractivity contribution in [2.45, 2.75) is 52.7 Å². The maximum Gasteiger partial charge on any atom is 0.407 e. The molecule has 1 aromatic heterocycles. The first kappa shape index (κ1) is 22.9. The lowest BCUT2D eigenvalue weighted by atomic mass is 10.1. The molecule has 0 saturated heterocycles. The van der Waals surface area contributed by atoms with Crippen LogP contribution in [0.2, 0.25) is 0 Å². The van der Waals surface area contributed by atoms with Crippen molar-refractivity contribution in [1.29, 1.82) is 0 Å². The second-order valence-electron chi connectivity index (χ2n) is 7.60. The Hall–Kier alpha value is -3.43. The minimum atomic E-state index is -0.649. The fourth-order valence-corrected chi connectivity index (χ4v) is 2.61. The van der Waals surface area contributed by atoms with Crippen LogP contribution in [-0.4, -0.2) is 39.8 Å². The molecule has 0 atom stereocenters. The van der Waals surface area contributed by atoms with Gasteiger partial charge in [0.2, 0.25) is 5.91 Å². The van der Waals surface area contributed by atoms with Crippen molar-refractivity contribution in [3.05, 3.63) is 40.3 Å². The average Bonchev–Trinajstić information content (AvgIpc) is 2.67. The number of nitrogens with one attached hydrogen (secondary N) is 3. The molecular weight excluding hydrogens is 390 g/mol. The van der Waals surface area contributed by atoms with Crippen molar-refractivity contribution < 1.29 is 19.1 Å². The monoisotopic (exact) mass is 417 g/mol. The van der Waals surface area contributed by atoms with E-state index in [2.05, 4.69) is 21.3 Å². The van der Waals surface area contributed by atoms with Gasteiger partial charge in [-0.05, 0) is 33.3 Å². The SMILES string of the molecule is CCCn1nc(C(=O)NNC(=O)CCNC(=O)OC(C)(C)C)c2ccccc2c1=O. The maximum atomic E-state index is 12.6. The molecule has 162 valence electrons. The van der Waals surface area contributed by atoms with Gasteiger partial charge >= 0.3 is 6.09 Å². The Balaban J connectivity index is 1.99. The Labute approximate surface area is 173 Å². The lowest BCUT2D eigenvalue weighted by molar-refractivity contribution is -0.121. The fourth-order valence-electron chi connectivity index (χ4n) is 2.61. The zero-order valence-electron chi connectivity index (χ0n) is 17.6. The zero-order valence-corrected chi connectivity index (χ0v) is 17.6. The number of nitrogens with zero attached hydrogens (tertiary/aromatic N) is 2. The number of hydrazine groups is 1. The van der Waals surface area contributed by atoms with Crippen molar-refractivity contribution in [3.63, 3.8) is 0 Å². The number of carbonyl (C=O) groups is 3. The summed E-state index contributed by atoms with van der Waals surface area (Å²) in [5.74, 6) is -1.16. The number of aromatic nitrogens is 2. The Morgan fingerprint density at radius 2 is 1.77 bits per heavy atom. The van der Waals surface area contributed by atoms with Crippen LogP contribution < -0.4 is 21.7 Å². The summed E-state index contributed by atoms with van der Waals surface area (Å²) in [6.07, 6.45) is -0.0234. The van der Waals surface area contributed by atoms with E-state index in [-0.39, 0.29) is 24.2 Å². The van der Waals surface area contributed by atoms with E-state index >= 15 is 0 Å². The summed E-state index contributed by atoms with van der Waals surface area (Å²) in [5, 5.41) is 7.38. The Morgan fingerprint density at radius 1 is 1.10 bits per heavy atom. The average molecular weight is 417 g/mol. The van der Waals surface area contributed by atoms with Crippen LogP contribution in [0.25, 0.3) is 10.8 Å². The molecular formula is C20H27N5O5. The van der Waals surface area contributed by atoms with Crippen molar-refractivity contribution in [2.75, 3.05) is 6.54 Å². The van der Waals surface area contributed by atoms with Gasteiger partial charge in [0.25, 0.3) is 11.5 Å². The van der Waals surface area contributed by atoms with Crippen molar-refractivity contribution >= 4 is 28.7 Å². The highest BCUT2D eigenvalue weighted by Gasteiger charge is 2.18. The van der Waals surface area contributed by atoms with Crippen LogP contribution in [0.15, 0.2) is 29.1 Å². The third kappa shape index (κ3) is 6.29.